The van der Waals surface area contributed by atoms with Gasteiger partial charge in [0, 0.05) is 24.5 Å². The Labute approximate surface area is 147 Å². The number of halogens is 2. The Hall–Kier alpha value is -3.10. The molecule has 1 aromatic carbocycles. The van der Waals surface area contributed by atoms with Crippen LogP contribution in [0.5, 0.6) is 0 Å². The van der Waals surface area contributed by atoms with E-state index in [2.05, 4.69) is 20.4 Å². The lowest BCUT2D eigenvalue weighted by Crippen LogP contribution is -2.27. The number of primary amides is 1. The Balaban J connectivity index is 1.53. The molecule has 3 aromatic rings. The van der Waals surface area contributed by atoms with Crippen molar-refractivity contribution in [2.45, 2.75) is 19.4 Å². The summed E-state index contributed by atoms with van der Waals surface area (Å²) in [6, 6.07) is 2.14. The van der Waals surface area contributed by atoms with Gasteiger partial charge < -0.3 is 11.1 Å². The van der Waals surface area contributed by atoms with Crippen molar-refractivity contribution < 1.29 is 13.6 Å². The molecule has 0 aliphatic carbocycles. The molecular weight excluding hydrogens is 342 g/mol. The normalized spacial score (nSPS) is 16.5. The number of carbonyl (C=O) groups excluding carboxylic acids is 1. The van der Waals surface area contributed by atoms with Crippen LogP contribution >= 0.6 is 0 Å². The second-order valence-corrected chi connectivity index (χ2v) is 6.34. The maximum Gasteiger partial charge on any atom is 0.252 e. The minimum Gasteiger partial charge on any atom is -0.369 e. The number of aromatic nitrogens is 4. The van der Waals surface area contributed by atoms with Gasteiger partial charge in [-0.25, -0.2) is 18.7 Å². The van der Waals surface area contributed by atoms with Gasteiger partial charge >= 0.3 is 0 Å². The van der Waals surface area contributed by atoms with E-state index >= 15 is 0 Å². The number of nitrogens with one attached hydrogen (secondary N) is 1. The van der Waals surface area contributed by atoms with Gasteiger partial charge in [-0.3, -0.25) is 9.48 Å². The van der Waals surface area contributed by atoms with E-state index in [0.717, 1.165) is 24.2 Å². The number of aryl methyl sites for hydroxylation is 1. The fourth-order valence-electron chi connectivity index (χ4n) is 3.31. The van der Waals surface area contributed by atoms with Crippen molar-refractivity contribution in [2.75, 3.05) is 11.9 Å². The SMILES string of the molecule is NC(=O)c1cnn2c1CC(CNc1ncnc3cc(F)c(F)cc13)CC2. The van der Waals surface area contributed by atoms with Crippen LogP contribution < -0.4 is 11.1 Å². The highest BCUT2D eigenvalue weighted by atomic mass is 19.2. The Morgan fingerprint density at radius 3 is 2.92 bits per heavy atom. The van der Waals surface area contributed by atoms with Crippen molar-refractivity contribution in [3.8, 4) is 0 Å². The lowest BCUT2D eigenvalue weighted by atomic mass is 9.94. The van der Waals surface area contributed by atoms with E-state index in [4.69, 9.17) is 5.73 Å². The van der Waals surface area contributed by atoms with Crippen LogP contribution in [0.2, 0.25) is 0 Å². The topological polar surface area (TPSA) is 98.7 Å². The van der Waals surface area contributed by atoms with Crippen LogP contribution in [0.15, 0.2) is 24.7 Å². The Bertz CT molecular complexity index is 1000. The zero-order valence-electron chi connectivity index (χ0n) is 13.7. The van der Waals surface area contributed by atoms with Crippen LogP contribution in [0.25, 0.3) is 10.9 Å². The van der Waals surface area contributed by atoms with Crippen molar-refractivity contribution in [2.24, 2.45) is 11.7 Å². The Morgan fingerprint density at radius 1 is 1.31 bits per heavy atom. The summed E-state index contributed by atoms with van der Waals surface area (Å²) in [5.41, 5.74) is 7.00. The second-order valence-electron chi connectivity index (χ2n) is 6.34. The van der Waals surface area contributed by atoms with E-state index < -0.39 is 17.5 Å². The zero-order chi connectivity index (χ0) is 18.3. The highest BCUT2D eigenvalue weighted by molar-refractivity contribution is 5.93. The first-order valence-corrected chi connectivity index (χ1v) is 8.21. The van der Waals surface area contributed by atoms with Gasteiger partial charge in [0.2, 0.25) is 0 Å². The lowest BCUT2D eigenvalue weighted by Gasteiger charge is -2.24. The van der Waals surface area contributed by atoms with Crippen molar-refractivity contribution in [3.05, 3.63) is 47.5 Å². The molecule has 0 saturated carbocycles. The van der Waals surface area contributed by atoms with Gasteiger partial charge in [0.15, 0.2) is 11.6 Å². The summed E-state index contributed by atoms with van der Waals surface area (Å²) in [6.45, 7) is 1.26. The molecule has 9 heteroatoms. The maximum atomic E-state index is 13.6. The number of hydrogen-bond donors (Lipinski definition) is 2. The summed E-state index contributed by atoms with van der Waals surface area (Å²) in [5.74, 6) is -1.69. The molecule has 7 nitrogen and oxygen atoms in total. The van der Waals surface area contributed by atoms with Crippen LogP contribution in [-0.2, 0) is 13.0 Å². The van der Waals surface area contributed by atoms with Gasteiger partial charge in [-0.1, -0.05) is 0 Å². The van der Waals surface area contributed by atoms with Crippen LogP contribution in [0.1, 0.15) is 22.5 Å². The molecule has 1 amide bonds. The fraction of sp³-hybridized carbons (Fsp3) is 0.294. The third-order valence-electron chi connectivity index (χ3n) is 4.68. The van der Waals surface area contributed by atoms with Crippen molar-refractivity contribution in [1.29, 1.82) is 0 Å². The van der Waals surface area contributed by atoms with Gasteiger partial charge in [0.1, 0.15) is 12.1 Å². The Kier molecular flexibility index (Phi) is 3.98. The van der Waals surface area contributed by atoms with E-state index in [1.54, 1.807) is 4.68 Å². The summed E-state index contributed by atoms with van der Waals surface area (Å²) in [6.07, 6.45) is 4.33. The highest BCUT2D eigenvalue weighted by Crippen LogP contribution is 2.25. The average Bonchev–Trinajstić information content (AvgIpc) is 3.04. The van der Waals surface area contributed by atoms with Crippen molar-refractivity contribution in [3.63, 3.8) is 0 Å². The third kappa shape index (κ3) is 2.85. The van der Waals surface area contributed by atoms with Crippen LogP contribution in [0.3, 0.4) is 0 Å². The molecule has 1 aliphatic rings. The van der Waals surface area contributed by atoms with Gasteiger partial charge in [-0.2, -0.15) is 5.10 Å². The first-order valence-electron chi connectivity index (χ1n) is 8.21. The first-order chi connectivity index (χ1) is 12.5. The van der Waals surface area contributed by atoms with Crippen LogP contribution in [0, 0.1) is 17.6 Å². The molecule has 134 valence electrons. The molecule has 1 aliphatic heterocycles. The minimum absolute atomic E-state index is 0.229. The van der Waals surface area contributed by atoms with E-state index in [1.165, 1.54) is 12.5 Å². The maximum absolute atomic E-state index is 13.6. The molecule has 26 heavy (non-hydrogen) atoms. The number of rotatable bonds is 4. The largest absolute Gasteiger partial charge is 0.369 e. The average molecular weight is 358 g/mol. The summed E-state index contributed by atoms with van der Waals surface area (Å²) in [5, 5.41) is 7.80. The van der Waals surface area contributed by atoms with Gasteiger partial charge in [-0.05, 0) is 24.8 Å². The highest BCUT2D eigenvalue weighted by Gasteiger charge is 2.24. The standard InChI is InChI=1S/C17H16F2N6O/c18-12-4-10-14(5-13(12)19)22-8-23-17(10)21-6-9-1-2-25-15(3-9)11(7-24-25)16(20)26/h4-5,7-9H,1-3,6H2,(H2,20,26)(H,21,22,23). The number of nitrogens with zero attached hydrogens (tertiary/aromatic N) is 4. The number of fused-ring (bicyclic) bond motifs is 2. The lowest BCUT2D eigenvalue weighted by molar-refractivity contribution is 0.0998. The predicted molar refractivity (Wildman–Crippen MR) is 90.5 cm³/mol. The molecule has 1 atom stereocenters. The van der Waals surface area contributed by atoms with E-state index in [9.17, 15) is 13.6 Å². The van der Waals surface area contributed by atoms with Crippen LogP contribution in [-0.4, -0.2) is 32.2 Å². The molecule has 0 bridgehead atoms. The monoisotopic (exact) mass is 358 g/mol. The Morgan fingerprint density at radius 2 is 2.12 bits per heavy atom. The molecule has 3 heterocycles. The fourth-order valence-corrected chi connectivity index (χ4v) is 3.31. The molecule has 0 spiro atoms. The van der Waals surface area contributed by atoms with E-state index in [-0.39, 0.29) is 5.92 Å². The van der Waals surface area contributed by atoms with Gasteiger partial charge in [0.05, 0.1) is 23.0 Å². The summed E-state index contributed by atoms with van der Waals surface area (Å²) in [7, 11) is 0. The molecule has 0 saturated heterocycles. The first kappa shape index (κ1) is 16.4. The van der Waals surface area contributed by atoms with Crippen molar-refractivity contribution >= 4 is 22.6 Å². The van der Waals surface area contributed by atoms with Gasteiger partial charge in [0.25, 0.3) is 5.91 Å². The summed E-state index contributed by atoms with van der Waals surface area (Å²) in [4.78, 5) is 19.6. The summed E-state index contributed by atoms with van der Waals surface area (Å²) < 4.78 is 28.7. The molecular formula is C17H16F2N6O. The number of amides is 1. The quantitative estimate of drug-likeness (QED) is 0.742. The molecule has 4 rings (SSSR count). The third-order valence-corrected chi connectivity index (χ3v) is 4.68. The van der Waals surface area contributed by atoms with Crippen LogP contribution in [0.4, 0.5) is 14.6 Å². The smallest absolute Gasteiger partial charge is 0.252 e. The summed E-state index contributed by atoms with van der Waals surface area (Å²) >= 11 is 0. The van der Waals surface area contributed by atoms with E-state index in [1.807, 2.05) is 0 Å². The van der Waals surface area contributed by atoms with E-state index in [0.29, 0.717) is 41.8 Å². The minimum atomic E-state index is -0.943. The molecule has 2 aromatic heterocycles. The second kappa shape index (κ2) is 6.32. The number of anilines is 1. The van der Waals surface area contributed by atoms with Gasteiger partial charge in [-0.15, -0.1) is 0 Å². The predicted octanol–water partition coefficient (Wildman–Crippen LogP) is 1.88. The molecule has 0 fully saturated rings. The zero-order valence-corrected chi connectivity index (χ0v) is 13.7. The number of nitrogens with two attached hydrogens (primary N) is 1. The van der Waals surface area contributed by atoms with Crippen molar-refractivity contribution in [1.82, 2.24) is 19.7 Å². The number of benzene rings is 1. The number of carbonyl (C=O) groups is 1. The molecule has 0 radical (unpaired) electrons. The molecule has 1 unspecified atom stereocenters. The number of hydrogen-bond acceptors (Lipinski definition) is 5. The molecule has 3 N–H and O–H groups in total.